The molecule has 2 aliphatic rings. The molecule has 1 aromatic rings. The van der Waals surface area contributed by atoms with Gasteiger partial charge in [-0.25, -0.2) is 9.80 Å². The normalized spacial score (nSPS) is 20.5. The van der Waals surface area contributed by atoms with Crippen LogP contribution in [0.15, 0.2) is 24.3 Å². The number of hydrogen-bond acceptors (Lipinski definition) is 3. The number of piperidine rings is 1. The van der Waals surface area contributed by atoms with E-state index in [1.165, 1.54) is 11.9 Å². The number of nitrogens with zero attached hydrogens (tertiary/aromatic N) is 2. The lowest BCUT2D eigenvalue weighted by Crippen LogP contribution is -2.66. The van der Waals surface area contributed by atoms with Crippen molar-refractivity contribution in [3.63, 3.8) is 0 Å². The van der Waals surface area contributed by atoms with Crippen molar-refractivity contribution in [2.75, 3.05) is 6.54 Å². The molecule has 128 valence electrons. The van der Waals surface area contributed by atoms with Gasteiger partial charge in [-0.3, -0.25) is 15.0 Å². The first-order chi connectivity index (χ1) is 11.5. The van der Waals surface area contributed by atoms with Gasteiger partial charge in [0.25, 0.3) is 5.91 Å². The molecule has 7 nitrogen and oxygen atoms in total. The van der Waals surface area contributed by atoms with Crippen molar-refractivity contribution in [1.82, 2.24) is 20.7 Å². The Balaban J connectivity index is 1.64. The van der Waals surface area contributed by atoms with Gasteiger partial charge in [0.1, 0.15) is 6.04 Å². The molecule has 1 aromatic carbocycles. The van der Waals surface area contributed by atoms with Crippen LogP contribution in [0, 0.1) is 0 Å². The first-order valence-electron chi connectivity index (χ1n) is 8.25. The number of urea groups is 1. The fourth-order valence-corrected chi connectivity index (χ4v) is 3.12. The van der Waals surface area contributed by atoms with Crippen LogP contribution < -0.4 is 10.7 Å². The second-order valence-electron chi connectivity index (χ2n) is 6.28. The Kier molecular flexibility index (Phi) is 4.69. The summed E-state index contributed by atoms with van der Waals surface area (Å²) in [7, 11) is 0. The Morgan fingerprint density at radius 2 is 1.92 bits per heavy atom. The number of rotatable bonds is 4. The lowest BCUT2D eigenvalue weighted by molar-refractivity contribution is -0.135. The van der Waals surface area contributed by atoms with Gasteiger partial charge in [0, 0.05) is 20.0 Å². The van der Waals surface area contributed by atoms with Crippen LogP contribution in [-0.4, -0.2) is 40.3 Å². The monoisotopic (exact) mass is 330 g/mol. The van der Waals surface area contributed by atoms with E-state index in [4.69, 9.17) is 0 Å². The van der Waals surface area contributed by atoms with E-state index >= 15 is 0 Å². The van der Waals surface area contributed by atoms with Gasteiger partial charge in [-0.1, -0.05) is 24.3 Å². The SMILES string of the molecule is CC(=O)NCc1ccc(CN2NC(=O)C3CCCCN3C2=O)cc1. The largest absolute Gasteiger partial charge is 0.352 e. The summed E-state index contributed by atoms with van der Waals surface area (Å²) in [6.07, 6.45) is 2.67. The Hall–Kier alpha value is -2.57. The molecule has 2 heterocycles. The highest BCUT2D eigenvalue weighted by atomic mass is 16.2. The molecule has 7 heteroatoms. The average Bonchev–Trinajstić information content (AvgIpc) is 2.59. The zero-order valence-corrected chi connectivity index (χ0v) is 13.7. The maximum atomic E-state index is 12.5. The molecule has 3 rings (SSSR count). The first kappa shape index (κ1) is 16.3. The standard InChI is InChI=1S/C17H22N4O3/c1-12(22)18-10-13-5-7-14(8-6-13)11-21-17(24)20-9-3-2-4-15(20)16(23)19-21/h5-8,15H,2-4,9-11H2,1H3,(H,18,22)(H,19,23). The quantitative estimate of drug-likeness (QED) is 0.869. The van der Waals surface area contributed by atoms with Crippen molar-refractivity contribution < 1.29 is 14.4 Å². The third kappa shape index (κ3) is 3.50. The topological polar surface area (TPSA) is 81.8 Å². The van der Waals surface area contributed by atoms with Crippen LogP contribution in [0.2, 0.25) is 0 Å². The minimum absolute atomic E-state index is 0.0724. The van der Waals surface area contributed by atoms with E-state index in [1.54, 1.807) is 4.90 Å². The summed E-state index contributed by atoms with van der Waals surface area (Å²) in [6, 6.07) is 7.16. The number of fused-ring (bicyclic) bond motifs is 1. The van der Waals surface area contributed by atoms with Crippen LogP contribution in [-0.2, 0) is 22.7 Å². The number of carbonyl (C=O) groups excluding carboxylic acids is 3. The Morgan fingerprint density at radius 1 is 1.21 bits per heavy atom. The highest BCUT2D eigenvalue weighted by molar-refractivity contribution is 5.92. The van der Waals surface area contributed by atoms with Crippen LogP contribution in [0.1, 0.15) is 37.3 Å². The van der Waals surface area contributed by atoms with Gasteiger partial charge in [0.15, 0.2) is 0 Å². The lowest BCUT2D eigenvalue weighted by atomic mass is 10.0. The maximum Gasteiger partial charge on any atom is 0.339 e. The first-order valence-corrected chi connectivity index (χ1v) is 8.25. The zero-order valence-electron chi connectivity index (χ0n) is 13.7. The molecule has 2 fully saturated rings. The lowest BCUT2D eigenvalue weighted by Gasteiger charge is -2.43. The van der Waals surface area contributed by atoms with E-state index < -0.39 is 0 Å². The van der Waals surface area contributed by atoms with E-state index in [2.05, 4.69) is 10.7 Å². The van der Waals surface area contributed by atoms with Gasteiger partial charge < -0.3 is 10.2 Å². The van der Waals surface area contributed by atoms with Crippen molar-refractivity contribution in [3.05, 3.63) is 35.4 Å². The molecule has 0 aliphatic carbocycles. The van der Waals surface area contributed by atoms with E-state index in [0.717, 1.165) is 30.4 Å². The van der Waals surface area contributed by atoms with Gasteiger partial charge in [0.2, 0.25) is 5.91 Å². The Bertz CT molecular complexity index is 644. The van der Waals surface area contributed by atoms with Crippen molar-refractivity contribution in [3.8, 4) is 0 Å². The van der Waals surface area contributed by atoms with Crippen molar-refractivity contribution in [2.24, 2.45) is 0 Å². The smallest absolute Gasteiger partial charge is 0.339 e. The zero-order chi connectivity index (χ0) is 17.1. The number of carbonyl (C=O) groups is 3. The maximum absolute atomic E-state index is 12.5. The van der Waals surface area contributed by atoms with Crippen LogP contribution in [0.25, 0.3) is 0 Å². The van der Waals surface area contributed by atoms with E-state index in [1.807, 2.05) is 24.3 Å². The summed E-state index contributed by atoms with van der Waals surface area (Å²) in [5, 5.41) is 4.12. The summed E-state index contributed by atoms with van der Waals surface area (Å²) in [6.45, 7) is 2.93. The van der Waals surface area contributed by atoms with Crippen LogP contribution in [0.5, 0.6) is 0 Å². The molecule has 1 unspecified atom stereocenters. The van der Waals surface area contributed by atoms with Crippen LogP contribution in [0.3, 0.4) is 0 Å². The highest BCUT2D eigenvalue weighted by Gasteiger charge is 2.40. The number of amides is 4. The molecule has 0 aromatic heterocycles. The van der Waals surface area contributed by atoms with E-state index in [-0.39, 0.29) is 23.9 Å². The highest BCUT2D eigenvalue weighted by Crippen LogP contribution is 2.22. The number of hydrazine groups is 1. The average molecular weight is 330 g/mol. The predicted octanol–water partition coefficient (Wildman–Crippen LogP) is 1.14. The van der Waals surface area contributed by atoms with Gasteiger partial charge in [-0.05, 0) is 30.4 Å². The van der Waals surface area contributed by atoms with Gasteiger partial charge in [-0.15, -0.1) is 0 Å². The van der Waals surface area contributed by atoms with Gasteiger partial charge in [-0.2, -0.15) is 0 Å². The third-order valence-electron chi connectivity index (χ3n) is 4.43. The number of nitrogens with one attached hydrogen (secondary N) is 2. The molecular weight excluding hydrogens is 308 g/mol. The fourth-order valence-electron chi connectivity index (χ4n) is 3.12. The minimum atomic E-state index is -0.317. The predicted molar refractivity (Wildman–Crippen MR) is 87.4 cm³/mol. The van der Waals surface area contributed by atoms with Crippen molar-refractivity contribution in [2.45, 2.75) is 45.3 Å². The van der Waals surface area contributed by atoms with Crippen LogP contribution >= 0.6 is 0 Å². The van der Waals surface area contributed by atoms with Crippen molar-refractivity contribution >= 4 is 17.8 Å². The van der Waals surface area contributed by atoms with Crippen molar-refractivity contribution in [1.29, 1.82) is 0 Å². The Morgan fingerprint density at radius 3 is 2.62 bits per heavy atom. The molecule has 0 radical (unpaired) electrons. The minimum Gasteiger partial charge on any atom is -0.352 e. The molecule has 1 atom stereocenters. The second kappa shape index (κ2) is 6.90. The van der Waals surface area contributed by atoms with Crippen LogP contribution in [0.4, 0.5) is 4.79 Å². The molecule has 2 saturated heterocycles. The molecular formula is C17H22N4O3. The van der Waals surface area contributed by atoms with Gasteiger partial charge in [0.05, 0.1) is 6.54 Å². The van der Waals surface area contributed by atoms with E-state index in [9.17, 15) is 14.4 Å². The van der Waals surface area contributed by atoms with Gasteiger partial charge >= 0.3 is 6.03 Å². The summed E-state index contributed by atoms with van der Waals surface area (Å²) in [5.74, 6) is -0.173. The summed E-state index contributed by atoms with van der Waals surface area (Å²) in [4.78, 5) is 37.3. The summed E-state index contributed by atoms with van der Waals surface area (Å²) in [5.41, 5.74) is 4.62. The molecule has 0 bridgehead atoms. The Labute approximate surface area is 141 Å². The molecule has 2 N–H and O–H groups in total. The van der Waals surface area contributed by atoms with E-state index in [0.29, 0.717) is 19.6 Å². The molecule has 0 saturated carbocycles. The third-order valence-corrected chi connectivity index (χ3v) is 4.43. The fraction of sp³-hybridized carbons (Fsp3) is 0.471. The molecule has 24 heavy (non-hydrogen) atoms. The summed E-state index contributed by atoms with van der Waals surface area (Å²) < 4.78 is 0. The molecule has 2 aliphatic heterocycles. The summed E-state index contributed by atoms with van der Waals surface area (Å²) >= 11 is 0. The number of benzene rings is 1. The molecule has 4 amide bonds. The second-order valence-corrected chi connectivity index (χ2v) is 6.28. The molecule has 0 spiro atoms. The number of hydrogen-bond donors (Lipinski definition) is 2.